The van der Waals surface area contributed by atoms with Crippen molar-refractivity contribution >= 4 is 11.9 Å². The van der Waals surface area contributed by atoms with Crippen molar-refractivity contribution in [3.05, 3.63) is 71.8 Å². The number of aliphatic carboxylic acids is 1. The molecule has 0 bridgehead atoms. The summed E-state index contributed by atoms with van der Waals surface area (Å²) in [5.41, 5.74) is 3.26. The van der Waals surface area contributed by atoms with Crippen molar-refractivity contribution in [2.45, 2.75) is 67.2 Å². The first kappa shape index (κ1) is 31.0. The number of rotatable bonds is 13. The number of nitrogens with zero attached hydrogens (tertiary/aromatic N) is 1. The predicted molar refractivity (Wildman–Crippen MR) is 141 cm³/mol. The van der Waals surface area contributed by atoms with E-state index in [2.05, 4.69) is 32.7 Å². The molecule has 0 fully saturated rings. The van der Waals surface area contributed by atoms with Gasteiger partial charge in [-0.05, 0) is 43.6 Å². The summed E-state index contributed by atoms with van der Waals surface area (Å²) in [7, 11) is 1.70. The minimum Gasteiger partial charge on any atom is -0.492 e. The molecule has 0 aromatic rings. The van der Waals surface area contributed by atoms with Gasteiger partial charge in [-0.1, -0.05) is 65.5 Å². The number of carbonyl (C=O) groups excluding carboxylic acids is 1. The Hall–Kier alpha value is -3.02. The molecule has 0 aromatic carbocycles. The van der Waals surface area contributed by atoms with Crippen LogP contribution >= 0.6 is 0 Å². The summed E-state index contributed by atoms with van der Waals surface area (Å²) >= 11 is 0. The van der Waals surface area contributed by atoms with E-state index >= 15 is 0 Å². The summed E-state index contributed by atoms with van der Waals surface area (Å²) in [4.78, 5) is 24.2. The zero-order valence-electron chi connectivity index (χ0n) is 22.1. The number of nitrogens with one attached hydrogen (secondary N) is 1. The van der Waals surface area contributed by atoms with E-state index in [0.29, 0.717) is 25.3 Å². The fourth-order valence-electron chi connectivity index (χ4n) is 3.39. The monoisotopic (exact) mass is 472 g/mol. The van der Waals surface area contributed by atoms with E-state index in [-0.39, 0.29) is 24.2 Å². The molecule has 1 rings (SSSR count). The smallest absolute Gasteiger partial charge is 0.303 e. The largest absolute Gasteiger partial charge is 0.492 e. The summed E-state index contributed by atoms with van der Waals surface area (Å²) in [5, 5.41) is 12.1. The third kappa shape index (κ3) is 10.7. The molecule has 0 radical (unpaired) electrons. The van der Waals surface area contributed by atoms with Gasteiger partial charge in [0.25, 0.3) is 0 Å². The lowest BCUT2D eigenvalue weighted by Gasteiger charge is -2.21. The van der Waals surface area contributed by atoms with E-state index in [1.807, 2.05) is 63.3 Å². The molecule has 0 atom stereocenters. The highest BCUT2D eigenvalue weighted by molar-refractivity contribution is 5.76. The van der Waals surface area contributed by atoms with Crippen LogP contribution in [-0.4, -0.2) is 42.1 Å². The number of amides is 1. The quantitative estimate of drug-likeness (QED) is 0.249. The third-order valence-electron chi connectivity index (χ3n) is 5.34. The summed E-state index contributed by atoms with van der Waals surface area (Å²) in [6.07, 6.45) is 15.2. The Morgan fingerprint density at radius 3 is 2.44 bits per heavy atom. The average molecular weight is 473 g/mol. The molecule has 6 nitrogen and oxygen atoms in total. The molecular formula is C28H44N2O4. The molecule has 0 spiro atoms. The van der Waals surface area contributed by atoms with E-state index in [1.54, 1.807) is 11.9 Å². The minimum absolute atomic E-state index is 0.00201. The lowest BCUT2D eigenvalue weighted by Crippen LogP contribution is -2.29. The summed E-state index contributed by atoms with van der Waals surface area (Å²) in [6.45, 7) is 17.1. The molecule has 2 N–H and O–H groups in total. The standard InChI is InChI=1S/C26H38N2O4.C2H6/c1-7-9-10-13-21(32-19-18-28(6)24(29)16-12-17-25(30)31)14-11-15-23-26(4,5)22(8-2)20(3)27-23;1-2/h8-11,13-15,27H,2,7,12,16-19H2,1,3-6H3,(H,30,31);1-2H3/b10-9+,14-11+,21-13-,23-15+;. The number of ether oxygens (including phenoxy) is 1. The molecule has 1 heterocycles. The van der Waals surface area contributed by atoms with Gasteiger partial charge in [-0.25, -0.2) is 0 Å². The van der Waals surface area contributed by atoms with Gasteiger partial charge in [0.2, 0.25) is 5.91 Å². The van der Waals surface area contributed by atoms with Gasteiger partial charge in [-0.15, -0.1) is 0 Å². The highest BCUT2D eigenvalue weighted by Crippen LogP contribution is 2.40. The number of likely N-dealkylation sites (N-methyl/N-ethyl adjacent to an activating group) is 1. The van der Waals surface area contributed by atoms with Crippen molar-refractivity contribution < 1.29 is 19.4 Å². The number of hydrogen-bond acceptors (Lipinski definition) is 4. The van der Waals surface area contributed by atoms with Crippen molar-refractivity contribution in [2.24, 2.45) is 5.41 Å². The van der Waals surface area contributed by atoms with E-state index in [9.17, 15) is 9.59 Å². The number of hydrogen-bond donors (Lipinski definition) is 2. The van der Waals surface area contributed by atoms with Crippen molar-refractivity contribution in [3.63, 3.8) is 0 Å². The van der Waals surface area contributed by atoms with Gasteiger partial charge in [-0.2, -0.15) is 0 Å². The molecule has 6 heteroatoms. The molecule has 0 unspecified atom stereocenters. The maximum atomic E-state index is 12.1. The SMILES string of the molecule is C=CC1=C(C)N/C(=C/C=C/C(=C/C=C/CC)OCCN(C)C(=O)CCCC(=O)O)C1(C)C.CC. The van der Waals surface area contributed by atoms with Crippen LogP contribution in [0.3, 0.4) is 0 Å². The van der Waals surface area contributed by atoms with Gasteiger partial charge >= 0.3 is 5.97 Å². The van der Waals surface area contributed by atoms with Crippen molar-refractivity contribution in [1.82, 2.24) is 10.2 Å². The van der Waals surface area contributed by atoms with Gasteiger partial charge in [0, 0.05) is 36.7 Å². The zero-order valence-corrected chi connectivity index (χ0v) is 22.1. The van der Waals surface area contributed by atoms with E-state index in [1.165, 1.54) is 5.57 Å². The Labute approximate surface area is 206 Å². The summed E-state index contributed by atoms with van der Waals surface area (Å²) in [5.74, 6) is -0.270. The van der Waals surface area contributed by atoms with E-state index in [4.69, 9.17) is 9.84 Å². The predicted octanol–water partition coefficient (Wildman–Crippen LogP) is 6.12. The Morgan fingerprint density at radius 1 is 1.21 bits per heavy atom. The van der Waals surface area contributed by atoms with E-state index < -0.39 is 5.97 Å². The first-order chi connectivity index (χ1) is 16.1. The van der Waals surface area contributed by atoms with Gasteiger partial charge < -0.3 is 20.1 Å². The third-order valence-corrected chi connectivity index (χ3v) is 5.34. The Morgan fingerprint density at radius 2 is 1.88 bits per heavy atom. The molecule has 190 valence electrons. The fraction of sp³-hybridized carbons (Fsp3) is 0.500. The Bertz CT molecular complexity index is 829. The lowest BCUT2D eigenvalue weighted by atomic mass is 9.83. The second kappa shape index (κ2) is 16.6. The lowest BCUT2D eigenvalue weighted by molar-refractivity contribution is -0.137. The number of allylic oxidation sites excluding steroid dienone is 9. The Balaban J connectivity index is 0.00000529. The molecule has 1 aliphatic rings. The highest BCUT2D eigenvalue weighted by atomic mass is 16.5. The van der Waals surface area contributed by atoms with Crippen LogP contribution < -0.4 is 5.32 Å². The molecule has 34 heavy (non-hydrogen) atoms. The second-order valence-corrected chi connectivity index (χ2v) is 8.25. The van der Waals surface area contributed by atoms with Crippen molar-refractivity contribution in [3.8, 4) is 0 Å². The van der Waals surface area contributed by atoms with Crippen molar-refractivity contribution in [2.75, 3.05) is 20.2 Å². The molecular weight excluding hydrogens is 428 g/mol. The first-order valence-electron chi connectivity index (χ1n) is 12.1. The summed E-state index contributed by atoms with van der Waals surface area (Å²) in [6, 6.07) is 0. The fourth-order valence-corrected chi connectivity index (χ4v) is 3.39. The normalized spacial score (nSPS) is 16.4. The molecule has 0 aromatic heterocycles. The van der Waals surface area contributed by atoms with Crippen LogP contribution in [0.4, 0.5) is 0 Å². The minimum atomic E-state index is -0.886. The van der Waals surface area contributed by atoms with Gasteiger partial charge in [0.05, 0.1) is 6.54 Å². The molecule has 1 amide bonds. The van der Waals surface area contributed by atoms with Crippen molar-refractivity contribution in [1.29, 1.82) is 0 Å². The molecule has 0 aliphatic carbocycles. The highest BCUT2D eigenvalue weighted by Gasteiger charge is 2.33. The van der Waals surface area contributed by atoms with E-state index in [0.717, 1.165) is 17.8 Å². The molecule has 0 saturated carbocycles. The van der Waals surface area contributed by atoms with Gasteiger partial charge in [0.15, 0.2) is 0 Å². The Kier molecular flexibility index (Phi) is 15.1. The second-order valence-electron chi connectivity index (χ2n) is 8.25. The number of carboxylic acids is 1. The van der Waals surface area contributed by atoms with Crippen LogP contribution in [0.5, 0.6) is 0 Å². The maximum absolute atomic E-state index is 12.1. The molecule has 0 saturated heterocycles. The van der Waals surface area contributed by atoms with Crippen LogP contribution in [0, 0.1) is 5.41 Å². The van der Waals surface area contributed by atoms with Gasteiger partial charge in [0.1, 0.15) is 12.4 Å². The average Bonchev–Trinajstić information content (AvgIpc) is 3.01. The van der Waals surface area contributed by atoms with Crippen LogP contribution in [0.1, 0.15) is 67.2 Å². The number of carbonyl (C=O) groups is 2. The zero-order chi connectivity index (χ0) is 26.1. The number of carboxylic acid groups (broad SMARTS) is 1. The van der Waals surface area contributed by atoms with Crippen LogP contribution in [0.25, 0.3) is 0 Å². The van der Waals surface area contributed by atoms with Crippen LogP contribution in [-0.2, 0) is 14.3 Å². The first-order valence-corrected chi connectivity index (χ1v) is 12.1. The topological polar surface area (TPSA) is 78.9 Å². The molecule has 1 aliphatic heterocycles. The van der Waals surface area contributed by atoms with Gasteiger partial charge in [-0.3, -0.25) is 9.59 Å². The van der Waals surface area contributed by atoms with Crippen LogP contribution in [0.2, 0.25) is 0 Å². The maximum Gasteiger partial charge on any atom is 0.303 e. The van der Waals surface area contributed by atoms with Crippen LogP contribution in [0.15, 0.2) is 71.8 Å². The summed E-state index contributed by atoms with van der Waals surface area (Å²) < 4.78 is 5.89.